The summed E-state index contributed by atoms with van der Waals surface area (Å²) in [4.78, 5) is 12.4. The second kappa shape index (κ2) is 5.63. The second-order valence-electron chi connectivity index (χ2n) is 4.37. The Labute approximate surface area is 122 Å². The molecule has 0 saturated carbocycles. The topological polar surface area (TPSA) is 68.3 Å². The third kappa shape index (κ3) is 2.79. The molecule has 1 N–H and O–H groups in total. The molecule has 2 aromatic heterocycles. The van der Waals surface area contributed by atoms with Crippen molar-refractivity contribution in [2.45, 2.75) is 12.6 Å². The van der Waals surface area contributed by atoms with Crippen LogP contribution in [-0.4, -0.2) is 14.9 Å². The van der Waals surface area contributed by atoms with Gasteiger partial charge in [-0.15, -0.1) is 16.4 Å². The number of rotatable bonds is 4. The molecule has 108 valence electrons. The monoisotopic (exact) mass is 306 g/mol. The maximum atomic E-state index is 13.6. The van der Waals surface area contributed by atoms with Crippen LogP contribution in [0.1, 0.15) is 11.7 Å². The van der Waals surface area contributed by atoms with Gasteiger partial charge in [-0.1, -0.05) is 24.3 Å². The van der Waals surface area contributed by atoms with Gasteiger partial charge in [0.05, 0.1) is 11.4 Å². The minimum Gasteiger partial charge on any atom is -0.387 e. The zero-order valence-corrected chi connectivity index (χ0v) is 11.6. The SMILES string of the molecule is O=c1oc(-c2cccs2)nn1CC(O)c1ccccc1F. The summed E-state index contributed by atoms with van der Waals surface area (Å²) in [5.74, 6) is -1.02. The lowest BCUT2D eigenvalue weighted by molar-refractivity contribution is 0.144. The van der Waals surface area contributed by atoms with Gasteiger partial charge in [0.1, 0.15) is 11.9 Å². The molecule has 3 aromatic rings. The Morgan fingerprint density at radius 1 is 1.33 bits per heavy atom. The van der Waals surface area contributed by atoms with Gasteiger partial charge in [-0.05, 0) is 17.5 Å². The van der Waals surface area contributed by atoms with E-state index in [9.17, 15) is 14.3 Å². The highest BCUT2D eigenvalue weighted by atomic mass is 32.1. The van der Waals surface area contributed by atoms with Crippen LogP contribution in [0.15, 0.2) is 51.0 Å². The Balaban J connectivity index is 1.86. The van der Waals surface area contributed by atoms with Crippen molar-refractivity contribution in [3.05, 3.63) is 63.7 Å². The molecule has 0 fully saturated rings. The number of hydrogen-bond acceptors (Lipinski definition) is 5. The lowest BCUT2D eigenvalue weighted by Crippen LogP contribution is -2.20. The average molecular weight is 306 g/mol. The van der Waals surface area contributed by atoms with E-state index in [0.29, 0.717) is 4.88 Å². The predicted molar refractivity (Wildman–Crippen MR) is 75.4 cm³/mol. The number of nitrogens with zero attached hydrogens (tertiary/aromatic N) is 2. The van der Waals surface area contributed by atoms with Crippen LogP contribution in [-0.2, 0) is 6.54 Å². The smallest absolute Gasteiger partial charge is 0.387 e. The van der Waals surface area contributed by atoms with Gasteiger partial charge in [-0.2, -0.15) is 4.68 Å². The summed E-state index contributed by atoms with van der Waals surface area (Å²) in [5.41, 5.74) is 0.116. The van der Waals surface area contributed by atoms with Crippen LogP contribution in [0, 0.1) is 5.82 Å². The third-order valence-electron chi connectivity index (χ3n) is 2.95. The fourth-order valence-electron chi connectivity index (χ4n) is 1.93. The van der Waals surface area contributed by atoms with Crippen LogP contribution in [0.2, 0.25) is 0 Å². The van der Waals surface area contributed by atoms with E-state index in [1.54, 1.807) is 12.1 Å². The summed E-state index contributed by atoms with van der Waals surface area (Å²) in [6, 6.07) is 9.44. The number of thiophene rings is 1. The molecule has 0 radical (unpaired) electrons. The molecule has 7 heteroatoms. The van der Waals surface area contributed by atoms with Gasteiger partial charge in [0, 0.05) is 5.56 Å². The number of benzene rings is 1. The first-order valence-corrected chi connectivity index (χ1v) is 7.07. The molecule has 1 unspecified atom stereocenters. The van der Waals surface area contributed by atoms with Crippen LogP contribution in [0.5, 0.6) is 0 Å². The Hall–Kier alpha value is -2.25. The summed E-state index contributed by atoms with van der Waals surface area (Å²) < 4.78 is 19.6. The Morgan fingerprint density at radius 3 is 2.86 bits per heavy atom. The number of aliphatic hydroxyl groups is 1. The molecule has 0 aliphatic carbocycles. The molecule has 0 amide bonds. The van der Waals surface area contributed by atoms with Crippen LogP contribution in [0.25, 0.3) is 10.8 Å². The van der Waals surface area contributed by atoms with Crippen molar-refractivity contribution in [2.24, 2.45) is 0 Å². The summed E-state index contributed by atoms with van der Waals surface area (Å²) in [5, 5.41) is 15.9. The molecule has 2 heterocycles. The largest absolute Gasteiger partial charge is 0.437 e. The van der Waals surface area contributed by atoms with Gasteiger partial charge in [-0.3, -0.25) is 0 Å². The summed E-state index contributed by atoms with van der Waals surface area (Å²) in [6.45, 7) is -0.172. The van der Waals surface area contributed by atoms with E-state index in [4.69, 9.17) is 4.42 Å². The zero-order valence-electron chi connectivity index (χ0n) is 10.8. The molecule has 0 aliphatic rings. The van der Waals surface area contributed by atoms with Crippen molar-refractivity contribution in [2.75, 3.05) is 0 Å². The summed E-state index contributed by atoms with van der Waals surface area (Å²) in [7, 11) is 0. The zero-order chi connectivity index (χ0) is 14.8. The minimum absolute atomic E-state index is 0.116. The van der Waals surface area contributed by atoms with Crippen molar-refractivity contribution < 1.29 is 13.9 Å². The van der Waals surface area contributed by atoms with Gasteiger partial charge in [0.15, 0.2) is 0 Å². The Kier molecular flexibility index (Phi) is 3.68. The lowest BCUT2D eigenvalue weighted by atomic mass is 10.1. The van der Waals surface area contributed by atoms with E-state index < -0.39 is 17.7 Å². The van der Waals surface area contributed by atoms with Gasteiger partial charge in [0.2, 0.25) is 0 Å². The number of aliphatic hydroxyl groups excluding tert-OH is 1. The molecule has 5 nitrogen and oxygen atoms in total. The van der Waals surface area contributed by atoms with Crippen molar-refractivity contribution in [1.82, 2.24) is 9.78 Å². The number of halogens is 1. The summed E-state index contributed by atoms with van der Waals surface area (Å²) >= 11 is 1.38. The van der Waals surface area contributed by atoms with Crippen LogP contribution < -0.4 is 5.76 Å². The van der Waals surface area contributed by atoms with Crippen LogP contribution in [0.4, 0.5) is 4.39 Å². The van der Waals surface area contributed by atoms with Gasteiger partial charge < -0.3 is 9.52 Å². The highest BCUT2D eigenvalue weighted by Crippen LogP contribution is 2.22. The first kappa shape index (κ1) is 13.7. The van der Waals surface area contributed by atoms with E-state index in [-0.39, 0.29) is 18.0 Å². The first-order chi connectivity index (χ1) is 10.1. The van der Waals surface area contributed by atoms with Crippen molar-refractivity contribution in [1.29, 1.82) is 0 Å². The van der Waals surface area contributed by atoms with E-state index in [1.807, 2.05) is 11.4 Å². The second-order valence-corrected chi connectivity index (χ2v) is 5.32. The van der Waals surface area contributed by atoms with E-state index in [0.717, 1.165) is 4.68 Å². The van der Waals surface area contributed by atoms with Gasteiger partial charge in [0.25, 0.3) is 5.89 Å². The normalized spacial score (nSPS) is 12.5. The van der Waals surface area contributed by atoms with Crippen LogP contribution >= 0.6 is 11.3 Å². The molecule has 0 saturated heterocycles. The maximum Gasteiger partial charge on any atom is 0.437 e. The summed E-state index contributed by atoms with van der Waals surface area (Å²) in [6.07, 6.45) is -1.18. The van der Waals surface area contributed by atoms with Crippen LogP contribution in [0.3, 0.4) is 0 Å². The molecule has 1 aromatic carbocycles. The van der Waals surface area contributed by atoms with E-state index in [2.05, 4.69) is 5.10 Å². The van der Waals surface area contributed by atoms with Gasteiger partial charge in [-0.25, -0.2) is 9.18 Å². The molecule has 21 heavy (non-hydrogen) atoms. The average Bonchev–Trinajstić information content (AvgIpc) is 3.10. The minimum atomic E-state index is -1.18. The first-order valence-electron chi connectivity index (χ1n) is 6.19. The van der Waals surface area contributed by atoms with Crippen molar-refractivity contribution in [3.8, 4) is 10.8 Å². The molecule has 1 atom stereocenters. The fraction of sp³-hybridized carbons (Fsp3) is 0.143. The molecule has 0 bridgehead atoms. The van der Waals surface area contributed by atoms with Crippen molar-refractivity contribution in [3.63, 3.8) is 0 Å². The number of aromatic nitrogens is 2. The van der Waals surface area contributed by atoms with E-state index >= 15 is 0 Å². The number of hydrogen-bond donors (Lipinski definition) is 1. The molecular formula is C14H11FN2O3S. The lowest BCUT2D eigenvalue weighted by Gasteiger charge is -2.10. The highest BCUT2D eigenvalue weighted by Gasteiger charge is 2.17. The Bertz CT molecular complexity index is 795. The maximum absolute atomic E-state index is 13.6. The van der Waals surface area contributed by atoms with E-state index in [1.165, 1.54) is 29.5 Å². The molecular weight excluding hydrogens is 295 g/mol. The van der Waals surface area contributed by atoms with Crippen molar-refractivity contribution >= 4 is 11.3 Å². The quantitative estimate of drug-likeness (QED) is 0.804. The molecule has 3 rings (SSSR count). The standard InChI is InChI=1S/C14H11FN2O3S/c15-10-5-2-1-4-9(10)11(18)8-17-14(19)20-13(16-17)12-6-3-7-21-12/h1-7,11,18H,8H2. The predicted octanol–water partition coefficient (Wildman–Crippen LogP) is 2.44. The third-order valence-corrected chi connectivity index (χ3v) is 3.81. The molecule has 0 spiro atoms. The molecule has 0 aliphatic heterocycles. The highest BCUT2D eigenvalue weighted by molar-refractivity contribution is 7.13. The van der Waals surface area contributed by atoms with Gasteiger partial charge >= 0.3 is 5.76 Å². The fourth-order valence-corrected chi connectivity index (χ4v) is 2.57. The Morgan fingerprint density at radius 2 is 2.14 bits per heavy atom.